The molecule has 0 bridgehead atoms. The van der Waals surface area contributed by atoms with Gasteiger partial charge < -0.3 is 0 Å². The van der Waals surface area contributed by atoms with Gasteiger partial charge in [-0.25, -0.2) is 0 Å². The van der Waals surface area contributed by atoms with Crippen LogP contribution in [0.2, 0.25) is 0 Å². The average molecular weight is 201 g/mol. The number of nitrogens with zero attached hydrogens (tertiary/aromatic N) is 1. The largest absolute Gasteiger partial charge is 0.294 e. The van der Waals surface area contributed by atoms with Gasteiger partial charge in [-0.1, -0.05) is 23.4 Å². The van der Waals surface area contributed by atoms with Crippen LogP contribution in [-0.2, 0) is 16.7 Å². The molecule has 1 N–H and O–H groups in total. The molecule has 70 valence electrons. The third-order valence-corrected chi connectivity index (χ3v) is 2.44. The van der Waals surface area contributed by atoms with E-state index in [-0.39, 0.29) is 17.0 Å². The summed E-state index contributed by atoms with van der Waals surface area (Å²) in [5.41, 5.74) is 0.194. The minimum Gasteiger partial charge on any atom is -0.282 e. The molecule has 1 aromatic rings. The molecule has 0 aliphatic rings. The van der Waals surface area contributed by atoms with Gasteiger partial charge in [0.2, 0.25) is 0 Å². The van der Waals surface area contributed by atoms with Crippen LogP contribution in [0.4, 0.5) is 0 Å². The molecule has 0 aromatic heterocycles. The zero-order valence-corrected chi connectivity index (χ0v) is 7.36. The molecule has 13 heavy (non-hydrogen) atoms. The first kappa shape index (κ1) is 9.82. The second-order valence-corrected chi connectivity index (χ2v) is 3.76. The van der Waals surface area contributed by atoms with Crippen LogP contribution < -0.4 is 0 Å². The van der Waals surface area contributed by atoms with Crippen molar-refractivity contribution >= 4 is 10.1 Å². The van der Waals surface area contributed by atoms with Crippen molar-refractivity contribution in [3.8, 4) is 0 Å². The Bertz CT molecular complexity index is 412. The summed E-state index contributed by atoms with van der Waals surface area (Å²) in [7, 11) is -4.25. The second kappa shape index (κ2) is 3.63. The van der Waals surface area contributed by atoms with Gasteiger partial charge in [-0.15, -0.1) is 0 Å². The molecule has 0 spiro atoms. The molecule has 0 saturated heterocycles. The Kier molecular flexibility index (Phi) is 2.74. The highest BCUT2D eigenvalue weighted by molar-refractivity contribution is 7.85. The maximum absolute atomic E-state index is 10.7. The van der Waals surface area contributed by atoms with E-state index in [1.165, 1.54) is 18.2 Å². The molecule has 0 heterocycles. The van der Waals surface area contributed by atoms with E-state index in [0.717, 1.165) is 0 Å². The minimum absolute atomic E-state index is 0.194. The number of nitroso groups, excluding NO2 is 1. The van der Waals surface area contributed by atoms with Gasteiger partial charge in [0.15, 0.2) is 0 Å². The molecule has 0 aliphatic carbocycles. The summed E-state index contributed by atoms with van der Waals surface area (Å²) in [6, 6.07) is 5.66. The molecule has 0 amide bonds. The van der Waals surface area contributed by atoms with Gasteiger partial charge in [0.05, 0.1) is 4.90 Å². The second-order valence-electron chi connectivity index (χ2n) is 2.37. The fourth-order valence-corrected chi connectivity index (χ4v) is 1.67. The minimum atomic E-state index is -4.25. The Hall–Kier alpha value is -1.27. The SMILES string of the molecule is O=NCc1ccccc1S(=O)(=O)O. The number of rotatable bonds is 3. The van der Waals surface area contributed by atoms with Gasteiger partial charge in [-0.3, -0.25) is 4.55 Å². The maximum Gasteiger partial charge on any atom is 0.294 e. The van der Waals surface area contributed by atoms with Gasteiger partial charge >= 0.3 is 0 Å². The van der Waals surface area contributed by atoms with Gasteiger partial charge in [0, 0.05) is 0 Å². The average Bonchev–Trinajstić information content (AvgIpc) is 2.04. The van der Waals surface area contributed by atoms with Crippen molar-refractivity contribution in [3.05, 3.63) is 34.7 Å². The van der Waals surface area contributed by atoms with Crippen molar-refractivity contribution in [2.45, 2.75) is 11.4 Å². The molecule has 1 aromatic carbocycles. The summed E-state index contributed by atoms with van der Waals surface area (Å²) in [5, 5.41) is 2.55. The lowest BCUT2D eigenvalue weighted by Gasteiger charge is -2.01. The number of hydrogen-bond donors (Lipinski definition) is 1. The smallest absolute Gasteiger partial charge is 0.282 e. The molecule has 0 aliphatic heterocycles. The number of hydrogen-bond acceptors (Lipinski definition) is 4. The maximum atomic E-state index is 10.7. The molecule has 0 unspecified atom stereocenters. The van der Waals surface area contributed by atoms with Crippen molar-refractivity contribution in [2.75, 3.05) is 0 Å². The summed E-state index contributed by atoms with van der Waals surface area (Å²) in [6.07, 6.45) is 0. The number of benzene rings is 1. The van der Waals surface area contributed by atoms with Crippen LogP contribution >= 0.6 is 0 Å². The van der Waals surface area contributed by atoms with Gasteiger partial charge in [-0.05, 0) is 11.6 Å². The highest BCUT2D eigenvalue weighted by atomic mass is 32.2. The first-order valence-electron chi connectivity index (χ1n) is 3.40. The quantitative estimate of drug-likeness (QED) is 0.588. The van der Waals surface area contributed by atoms with Crippen LogP contribution in [0.15, 0.2) is 34.3 Å². The van der Waals surface area contributed by atoms with Crippen LogP contribution in [-0.4, -0.2) is 13.0 Å². The lowest BCUT2D eigenvalue weighted by atomic mass is 10.2. The summed E-state index contributed by atoms with van der Waals surface area (Å²) in [6.45, 7) is -0.268. The predicted molar refractivity (Wildman–Crippen MR) is 45.8 cm³/mol. The molecule has 6 heteroatoms. The normalized spacial score (nSPS) is 11.2. The zero-order chi connectivity index (χ0) is 9.90. The monoisotopic (exact) mass is 201 g/mol. The summed E-state index contributed by atoms with van der Waals surface area (Å²) in [5.74, 6) is 0. The van der Waals surface area contributed by atoms with E-state index in [0.29, 0.717) is 0 Å². The third kappa shape index (κ3) is 2.33. The van der Waals surface area contributed by atoms with Crippen LogP contribution in [0.3, 0.4) is 0 Å². The summed E-state index contributed by atoms with van der Waals surface area (Å²) >= 11 is 0. The Morgan fingerprint density at radius 2 is 1.92 bits per heavy atom. The van der Waals surface area contributed by atoms with E-state index < -0.39 is 10.1 Å². The highest BCUT2D eigenvalue weighted by Gasteiger charge is 2.13. The molecule has 0 saturated carbocycles. The fourth-order valence-electron chi connectivity index (χ4n) is 0.956. The van der Waals surface area contributed by atoms with E-state index in [1.807, 2.05) is 0 Å². The fraction of sp³-hybridized carbons (Fsp3) is 0.143. The highest BCUT2D eigenvalue weighted by Crippen LogP contribution is 2.15. The standard InChI is InChI=1S/C7H7NO4S/c9-8-5-6-3-1-2-4-7(6)13(10,11)12/h1-4H,5H2,(H,10,11,12). The van der Waals surface area contributed by atoms with E-state index in [2.05, 4.69) is 5.18 Å². The van der Waals surface area contributed by atoms with Crippen LogP contribution in [0, 0.1) is 4.91 Å². The lowest BCUT2D eigenvalue weighted by Crippen LogP contribution is -2.02. The molecule has 0 radical (unpaired) electrons. The van der Waals surface area contributed by atoms with Crippen LogP contribution in [0.5, 0.6) is 0 Å². The molecule has 5 nitrogen and oxygen atoms in total. The van der Waals surface area contributed by atoms with Crippen molar-refractivity contribution in [1.29, 1.82) is 0 Å². The van der Waals surface area contributed by atoms with Crippen molar-refractivity contribution in [3.63, 3.8) is 0 Å². The van der Waals surface area contributed by atoms with E-state index >= 15 is 0 Å². The summed E-state index contributed by atoms with van der Waals surface area (Å²) in [4.78, 5) is 9.66. The summed E-state index contributed by atoms with van der Waals surface area (Å²) < 4.78 is 30.2. The molecule has 0 fully saturated rings. The molecular weight excluding hydrogens is 194 g/mol. The lowest BCUT2D eigenvalue weighted by molar-refractivity contribution is 0.482. The third-order valence-electron chi connectivity index (χ3n) is 1.49. The van der Waals surface area contributed by atoms with E-state index in [1.54, 1.807) is 6.07 Å². The van der Waals surface area contributed by atoms with Crippen LogP contribution in [0.1, 0.15) is 5.56 Å². The van der Waals surface area contributed by atoms with Gasteiger partial charge in [0.25, 0.3) is 10.1 Å². The van der Waals surface area contributed by atoms with Crippen molar-refractivity contribution in [1.82, 2.24) is 0 Å². The molecular formula is C7H7NO4S. The molecule has 0 atom stereocenters. The first-order valence-corrected chi connectivity index (χ1v) is 4.84. The van der Waals surface area contributed by atoms with E-state index in [4.69, 9.17) is 4.55 Å². The Morgan fingerprint density at radius 1 is 1.31 bits per heavy atom. The van der Waals surface area contributed by atoms with Crippen LogP contribution in [0.25, 0.3) is 0 Å². The van der Waals surface area contributed by atoms with E-state index in [9.17, 15) is 13.3 Å². The topological polar surface area (TPSA) is 83.8 Å². The predicted octanol–water partition coefficient (Wildman–Crippen LogP) is 1.20. The Morgan fingerprint density at radius 3 is 2.46 bits per heavy atom. The van der Waals surface area contributed by atoms with Gasteiger partial charge in [-0.2, -0.15) is 13.3 Å². The Balaban J connectivity index is 3.28. The van der Waals surface area contributed by atoms with Crippen molar-refractivity contribution < 1.29 is 13.0 Å². The van der Waals surface area contributed by atoms with Gasteiger partial charge in [0.1, 0.15) is 6.54 Å². The zero-order valence-electron chi connectivity index (χ0n) is 6.54. The Labute approximate surface area is 75.1 Å². The van der Waals surface area contributed by atoms with Crippen molar-refractivity contribution in [2.24, 2.45) is 5.18 Å². The first-order chi connectivity index (χ1) is 6.05. The molecule has 1 rings (SSSR count).